The van der Waals surface area contributed by atoms with Crippen LogP contribution in [0.25, 0.3) is 6.08 Å². The molecule has 0 aliphatic carbocycles. The maximum atomic E-state index is 10.7. The third kappa shape index (κ3) is 6.65. The molecule has 0 fully saturated rings. The smallest absolute Gasteiger partial charge is 0.267 e. The van der Waals surface area contributed by atoms with E-state index in [0.717, 1.165) is 10.6 Å². The van der Waals surface area contributed by atoms with E-state index in [1.807, 2.05) is 24.3 Å². The molecule has 0 atom stereocenters. The summed E-state index contributed by atoms with van der Waals surface area (Å²) in [5.41, 5.74) is 0. The maximum Gasteiger partial charge on any atom is 0.270 e. The van der Waals surface area contributed by atoms with Crippen LogP contribution in [-0.2, 0) is 4.79 Å². The maximum absolute atomic E-state index is 10.7. The van der Waals surface area contributed by atoms with Crippen LogP contribution in [0.1, 0.15) is 65.2 Å². The fraction of sp³-hybridized carbons (Fsp3) is 0.556. The number of carbonyl (C=O) groups excluding carboxylic acids is 1. The zero-order valence-corrected chi connectivity index (χ0v) is 12.9. The zero-order valence-electron chi connectivity index (χ0n) is 12.9. The lowest BCUT2D eigenvalue weighted by atomic mass is 10.1. The summed E-state index contributed by atoms with van der Waals surface area (Å²) in [5.74, 6) is -0.152. The van der Waals surface area contributed by atoms with Crippen molar-refractivity contribution in [3.63, 3.8) is 0 Å². The Morgan fingerprint density at radius 3 is 1.95 bits per heavy atom. The summed E-state index contributed by atoms with van der Waals surface area (Å²) in [6, 6.07) is 7.47. The van der Waals surface area contributed by atoms with Crippen molar-refractivity contribution >= 4 is 12.0 Å². The van der Waals surface area contributed by atoms with Gasteiger partial charge in [-0.05, 0) is 6.07 Å². The quantitative estimate of drug-likeness (QED) is 0.695. The van der Waals surface area contributed by atoms with Gasteiger partial charge in [-0.25, -0.2) is 4.99 Å². The fourth-order valence-corrected chi connectivity index (χ4v) is 2.20. The van der Waals surface area contributed by atoms with E-state index < -0.39 is 0 Å². The van der Waals surface area contributed by atoms with E-state index in [1.165, 1.54) is 57.4 Å². The Bertz CT molecular complexity index is 459. The minimum absolute atomic E-state index is 0.152. The SMILES string of the molecule is CCCCCCCCCC.O=C1C=c2ccccc2=N1. The molecule has 1 aromatic rings. The van der Waals surface area contributed by atoms with Gasteiger partial charge >= 0.3 is 0 Å². The minimum atomic E-state index is -0.152. The highest BCUT2D eigenvalue weighted by Crippen LogP contribution is 2.07. The summed E-state index contributed by atoms with van der Waals surface area (Å²) in [4.78, 5) is 14.4. The lowest BCUT2D eigenvalue weighted by Gasteiger charge is -1.97. The predicted molar refractivity (Wildman–Crippen MR) is 85.0 cm³/mol. The van der Waals surface area contributed by atoms with Crippen LogP contribution in [0, 0.1) is 0 Å². The van der Waals surface area contributed by atoms with E-state index in [0.29, 0.717) is 0 Å². The highest BCUT2D eigenvalue weighted by Gasteiger charge is 1.99. The van der Waals surface area contributed by atoms with Crippen molar-refractivity contribution in [3.8, 4) is 0 Å². The Hall–Kier alpha value is -1.44. The van der Waals surface area contributed by atoms with Crippen LogP contribution >= 0.6 is 0 Å². The first-order valence-corrected chi connectivity index (χ1v) is 7.97. The summed E-state index contributed by atoms with van der Waals surface area (Å²) in [5, 5.41) is 1.71. The molecule has 110 valence electrons. The fourth-order valence-electron chi connectivity index (χ4n) is 2.20. The molecule has 0 spiro atoms. The van der Waals surface area contributed by atoms with Gasteiger partial charge in [0.2, 0.25) is 0 Å². The van der Waals surface area contributed by atoms with Crippen LogP contribution in [0.15, 0.2) is 29.3 Å². The number of rotatable bonds is 7. The van der Waals surface area contributed by atoms with E-state index in [-0.39, 0.29) is 5.91 Å². The van der Waals surface area contributed by atoms with Gasteiger partial charge in [0.05, 0.1) is 5.36 Å². The highest BCUT2D eigenvalue weighted by molar-refractivity contribution is 6.06. The number of hydrogen-bond donors (Lipinski definition) is 0. The monoisotopic (exact) mass is 273 g/mol. The first kappa shape index (κ1) is 16.6. The Labute approximate surface area is 122 Å². The Morgan fingerprint density at radius 2 is 1.40 bits per heavy atom. The van der Waals surface area contributed by atoms with Gasteiger partial charge in [-0.15, -0.1) is 0 Å². The third-order valence-electron chi connectivity index (χ3n) is 3.40. The Morgan fingerprint density at radius 1 is 0.850 bits per heavy atom. The van der Waals surface area contributed by atoms with Crippen molar-refractivity contribution in [3.05, 3.63) is 34.8 Å². The van der Waals surface area contributed by atoms with E-state index in [4.69, 9.17) is 0 Å². The predicted octanol–water partition coefficient (Wildman–Crippen LogP) is 3.77. The molecular weight excluding hydrogens is 246 g/mol. The number of hydrogen-bond acceptors (Lipinski definition) is 1. The first-order valence-electron chi connectivity index (χ1n) is 7.97. The van der Waals surface area contributed by atoms with Gasteiger partial charge < -0.3 is 0 Å². The molecule has 0 unspecified atom stereocenters. The summed E-state index contributed by atoms with van der Waals surface area (Å²) < 4.78 is 0. The molecule has 0 saturated carbocycles. The van der Waals surface area contributed by atoms with E-state index in [1.54, 1.807) is 0 Å². The molecule has 20 heavy (non-hydrogen) atoms. The van der Waals surface area contributed by atoms with E-state index in [2.05, 4.69) is 18.8 Å². The van der Waals surface area contributed by atoms with Gasteiger partial charge in [-0.2, -0.15) is 0 Å². The number of amides is 1. The molecule has 2 rings (SSSR count). The summed E-state index contributed by atoms with van der Waals surface area (Å²) in [6.45, 7) is 4.54. The van der Waals surface area contributed by atoms with Gasteiger partial charge in [-0.3, -0.25) is 4.79 Å². The topological polar surface area (TPSA) is 29.4 Å². The normalized spacial score (nSPS) is 12.0. The summed E-state index contributed by atoms with van der Waals surface area (Å²) in [6.07, 6.45) is 13.0. The Kier molecular flexibility index (Phi) is 8.61. The van der Waals surface area contributed by atoms with Gasteiger partial charge in [0.1, 0.15) is 0 Å². The second kappa shape index (κ2) is 10.4. The standard InChI is InChI=1S/C10H22.C8H5NO/c1-3-5-7-9-10-8-6-4-2;10-8-5-6-3-1-2-4-7(6)9-8/h3-10H2,1-2H3;1-5H. The molecule has 1 aliphatic heterocycles. The number of fused-ring (bicyclic) bond motifs is 1. The van der Waals surface area contributed by atoms with Crippen LogP contribution in [0.4, 0.5) is 0 Å². The molecule has 0 saturated heterocycles. The first-order chi connectivity index (χ1) is 9.77. The number of para-hydroxylation sites is 1. The lowest BCUT2D eigenvalue weighted by Crippen LogP contribution is -2.19. The molecular formula is C18H27NO. The van der Waals surface area contributed by atoms with Crippen LogP contribution in [-0.4, -0.2) is 5.91 Å². The van der Waals surface area contributed by atoms with Gasteiger partial charge in [-0.1, -0.05) is 83.4 Å². The van der Waals surface area contributed by atoms with Crippen molar-refractivity contribution in [1.29, 1.82) is 0 Å². The largest absolute Gasteiger partial charge is 0.270 e. The molecule has 1 aliphatic rings. The van der Waals surface area contributed by atoms with Gasteiger partial charge in [0, 0.05) is 11.3 Å². The molecule has 1 aromatic carbocycles. The lowest BCUT2D eigenvalue weighted by molar-refractivity contribution is -0.112. The number of benzene rings is 1. The van der Waals surface area contributed by atoms with Gasteiger partial charge in [0.15, 0.2) is 0 Å². The van der Waals surface area contributed by atoms with Gasteiger partial charge in [0.25, 0.3) is 5.91 Å². The molecule has 0 radical (unpaired) electrons. The summed E-state index contributed by atoms with van der Waals surface area (Å²) >= 11 is 0. The second-order valence-electron chi connectivity index (χ2n) is 5.27. The minimum Gasteiger partial charge on any atom is -0.267 e. The molecule has 0 bridgehead atoms. The molecule has 0 N–H and O–H groups in total. The molecule has 1 heterocycles. The number of unbranched alkanes of at least 4 members (excludes halogenated alkanes) is 7. The molecule has 2 nitrogen and oxygen atoms in total. The van der Waals surface area contributed by atoms with Crippen LogP contribution in [0.5, 0.6) is 0 Å². The van der Waals surface area contributed by atoms with Crippen LogP contribution in [0.2, 0.25) is 0 Å². The number of nitrogens with zero attached hydrogens (tertiary/aromatic N) is 1. The van der Waals surface area contributed by atoms with Crippen LogP contribution in [0.3, 0.4) is 0 Å². The second-order valence-corrected chi connectivity index (χ2v) is 5.27. The zero-order chi connectivity index (χ0) is 14.6. The van der Waals surface area contributed by atoms with Crippen LogP contribution < -0.4 is 10.6 Å². The summed E-state index contributed by atoms with van der Waals surface area (Å²) in [7, 11) is 0. The van der Waals surface area contributed by atoms with Crippen molar-refractivity contribution < 1.29 is 4.79 Å². The molecule has 1 amide bonds. The third-order valence-corrected chi connectivity index (χ3v) is 3.40. The molecule has 0 aromatic heterocycles. The Balaban J connectivity index is 0.000000200. The van der Waals surface area contributed by atoms with Crippen molar-refractivity contribution in [2.45, 2.75) is 65.2 Å². The van der Waals surface area contributed by atoms with E-state index >= 15 is 0 Å². The van der Waals surface area contributed by atoms with E-state index in [9.17, 15) is 4.79 Å². The highest BCUT2D eigenvalue weighted by atomic mass is 16.1. The van der Waals surface area contributed by atoms with Crippen molar-refractivity contribution in [2.75, 3.05) is 0 Å². The van der Waals surface area contributed by atoms with Crippen molar-refractivity contribution in [1.82, 2.24) is 0 Å². The molecule has 2 heteroatoms. The average Bonchev–Trinajstić information content (AvgIpc) is 2.83. The van der Waals surface area contributed by atoms with Crippen molar-refractivity contribution in [2.24, 2.45) is 4.99 Å². The average molecular weight is 273 g/mol. The number of carbonyl (C=O) groups is 1.